The van der Waals surface area contributed by atoms with Crippen molar-refractivity contribution in [2.45, 2.75) is 38.6 Å². The van der Waals surface area contributed by atoms with Crippen LogP contribution >= 0.6 is 0 Å². The van der Waals surface area contributed by atoms with Gasteiger partial charge in [0, 0.05) is 18.4 Å². The number of ketones is 1. The molecule has 0 saturated heterocycles. The van der Waals surface area contributed by atoms with Gasteiger partial charge >= 0.3 is 0 Å². The van der Waals surface area contributed by atoms with Gasteiger partial charge in [0.05, 0.1) is 12.6 Å². The zero-order valence-electron chi connectivity index (χ0n) is 21.2. The zero-order chi connectivity index (χ0) is 26.2. The Balaban J connectivity index is 1.57. The summed E-state index contributed by atoms with van der Waals surface area (Å²) < 4.78 is 0. The van der Waals surface area contributed by atoms with Crippen molar-refractivity contribution in [2.24, 2.45) is 0 Å². The third-order valence-corrected chi connectivity index (χ3v) is 6.60. The number of amides is 2. The molecule has 4 aromatic carbocycles. The standard InChI is InChI=1S/C32H32N2O3/c1-3-9-29(25-11-5-4-6-12-25)31(30(36)21-33-22(2)35)34-32(37)26-17-14-24(15-18-26)28-19-16-23-10-7-8-13-27(23)20-28/h4-8,10-20,29,31H,3,9,21H2,1-2H3,(H,33,35)(H,34,37). The topological polar surface area (TPSA) is 75.3 Å². The van der Waals surface area contributed by atoms with Crippen molar-refractivity contribution in [3.05, 3.63) is 108 Å². The average molecular weight is 493 g/mol. The number of nitrogens with one attached hydrogen (secondary N) is 2. The van der Waals surface area contributed by atoms with Gasteiger partial charge in [-0.05, 0) is 52.1 Å². The van der Waals surface area contributed by atoms with Crippen molar-refractivity contribution in [3.63, 3.8) is 0 Å². The quantitative estimate of drug-likeness (QED) is 0.290. The summed E-state index contributed by atoms with van der Waals surface area (Å²) in [6.07, 6.45) is 1.57. The van der Waals surface area contributed by atoms with E-state index in [0.717, 1.165) is 34.9 Å². The van der Waals surface area contributed by atoms with E-state index in [2.05, 4.69) is 47.9 Å². The van der Waals surface area contributed by atoms with Crippen molar-refractivity contribution in [3.8, 4) is 11.1 Å². The molecule has 0 radical (unpaired) electrons. The third-order valence-electron chi connectivity index (χ3n) is 6.60. The molecule has 188 valence electrons. The summed E-state index contributed by atoms with van der Waals surface area (Å²) in [4.78, 5) is 38.0. The van der Waals surface area contributed by atoms with Crippen LogP contribution in [0.3, 0.4) is 0 Å². The number of carbonyl (C=O) groups is 3. The number of rotatable bonds is 10. The summed E-state index contributed by atoms with van der Waals surface area (Å²) in [5.41, 5.74) is 3.54. The molecule has 5 nitrogen and oxygen atoms in total. The fourth-order valence-corrected chi connectivity index (χ4v) is 4.67. The third kappa shape index (κ3) is 6.50. The summed E-state index contributed by atoms with van der Waals surface area (Å²) in [5, 5.41) is 7.91. The second kappa shape index (κ2) is 12.1. The van der Waals surface area contributed by atoms with E-state index in [0.29, 0.717) is 5.56 Å². The summed E-state index contributed by atoms with van der Waals surface area (Å²) in [6, 6.07) is 30.9. The molecule has 2 atom stereocenters. The molecule has 0 heterocycles. The number of carbonyl (C=O) groups excluding carboxylic acids is 3. The highest BCUT2D eigenvalue weighted by Gasteiger charge is 2.30. The zero-order valence-corrected chi connectivity index (χ0v) is 21.2. The Morgan fingerprint density at radius 3 is 2.08 bits per heavy atom. The number of hydrogen-bond donors (Lipinski definition) is 2. The van der Waals surface area contributed by atoms with E-state index in [1.807, 2.05) is 54.6 Å². The SMILES string of the molecule is CCCC(c1ccccc1)C(NC(=O)c1ccc(-c2ccc3ccccc3c2)cc1)C(=O)CNC(C)=O. The molecule has 37 heavy (non-hydrogen) atoms. The molecule has 2 unspecified atom stereocenters. The maximum absolute atomic E-state index is 13.3. The van der Waals surface area contributed by atoms with Crippen LogP contribution in [0.15, 0.2) is 97.1 Å². The van der Waals surface area contributed by atoms with Crippen LogP contribution in [0.5, 0.6) is 0 Å². The van der Waals surface area contributed by atoms with Gasteiger partial charge in [-0.15, -0.1) is 0 Å². The maximum Gasteiger partial charge on any atom is 0.251 e. The minimum Gasteiger partial charge on any atom is -0.349 e. The van der Waals surface area contributed by atoms with Gasteiger partial charge in [0.25, 0.3) is 5.91 Å². The van der Waals surface area contributed by atoms with Crippen LogP contribution in [-0.2, 0) is 9.59 Å². The highest BCUT2D eigenvalue weighted by Crippen LogP contribution is 2.27. The van der Waals surface area contributed by atoms with Crippen LogP contribution in [0.2, 0.25) is 0 Å². The summed E-state index contributed by atoms with van der Waals surface area (Å²) >= 11 is 0. The molecule has 2 N–H and O–H groups in total. The van der Waals surface area contributed by atoms with E-state index < -0.39 is 6.04 Å². The van der Waals surface area contributed by atoms with Crippen molar-refractivity contribution < 1.29 is 14.4 Å². The molecule has 0 bridgehead atoms. The fourth-order valence-electron chi connectivity index (χ4n) is 4.67. The van der Waals surface area contributed by atoms with Gasteiger partial charge in [-0.2, -0.15) is 0 Å². The lowest BCUT2D eigenvalue weighted by Crippen LogP contribution is -2.48. The van der Waals surface area contributed by atoms with Crippen molar-refractivity contribution in [1.29, 1.82) is 0 Å². The average Bonchev–Trinajstić information content (AvgIpc) is 2.93. The molecule has 0 saturated carbocycles. The van der Waals surface area contributed by atoms with Crippen molar-refractivity contribution >= 4 is 28.4 Å². The van der Waals surface area contributed by atoms with Gasteiger partial charge in [-0.3, -0.25) is 14.4 Å². The highest BCUT2D eigenvalue weighted by molar-refractivity contribution is 5.99. The fraction of sp³-hybridized carbons (Fsp3) is 0.219. The van der Waals surface area contributed by atoms with Crippen LogP contribution in [0.25, 0.3) is 21.9 Å². The molecule has 0 aliphatic rings. The predicted octanol–water partition coefficient (Wildman–Crippen LogP) is 5.89. The van der Waals surface area contributed by atoms with Gasteiger partial charge in [-0.25, -0.2) is 0 Å². The lowest BCUT2D eigenvalue weighted by molar-refractivity contribution is -0.125. The summed E-state index contributed by atoms with van der Waals surface area (Å²) in [7, 11) is 0. The molecule has 0 aliphatic carbocycles. The molecule has 4 rings (SSSR count). The molecule has 4 aromatic rings. The number of benzene rings is 4. The van der Waals surface area contributed by atoms with Gasteiger partial charge < -0.3 is 10.6 Å². The van der Waals surface area contributed by atoms with Gasteiger partial charge in [-0.1, -0.05) is 92.2 Å². The lowest BCUT2D eigenvalue weighted by Gasteiger charge is -2.27. The van der Waals surface area contributed by atoms with E-state index >= 15 is 0 Å². The first-order chi connectivity index (χ1) is 18.0. The molecule has 0 aliphatic heterocycles. The van der Waals surface area contributed by atoms with Crippen LogP contribution in [0, 0.1) is 0 Å². The van der Waals surface area contributed by atoms with Crippen LogP contribution in [0.4, 0.5) is 0 Å². The molecular weight excluding hydrogens is 460 g/mol. The van der Waals surface area contributed by atoms with Crippen molar-refractivity contribution in [2.75, 3.05) is 6.54 Å². The highest BCUT2D eigenvalue weighted by atomic mass is 16.2. The summed E-state index contributed by atoms with van der Waals surface area (Å²) in [6.45, 7) is 3.30. The Labute approximate surface area is 217 Å². The number of Topliss-reactive ketones (excluding diaryl/α,β-unsaturated/α-hetero) is 1. The molecule has 5 heteroatoms. The normalized spacial score (nSPS) is 12.5. The first-order valence-electron chi connectivity index (χ1n) is 12.7. The predicted molar refractivity (Wildman–Crippen MR) is 148 cm³/mol. The van der Waals surface area contributed by atoms with E-state index in [9.17, 15) is 14.4 Å². The number of hydrogen-bond acceptors (Lipinski definition) is 3. The molecule has 0 fully saturated rings. The van der Waals surface area contributed by atoms with E-state index in [4.69, 9.17) is 0 Å². The second-order valence-electron chi connectivity index (χ2n) is 9.27. The first kappa shape index (κ1) is 25.8. The Bertz CT molecular complexity index is 1380. The Kier molecular flexibility index (Phi) is 8.47. The first-order valence-corrected chi connectivity index (χ1v) is 12.7. The van der Waals surface area contributed by atoms with Crippen LogP contribution in [-0.4, -0.2) is 30.2 Å². The van der Waals surface area contributed by atoms with Crippen LogP contribution < -0.4 is 10.6 Å². The minimum absolute atomic E-state index is 0.131. The molecule has 0 aromatic heterocycles. The molecule has 0 spiro atoms. The van der Waals surface area contributed by atoms with Gasteiger partial charge in [0.2, 0.25) is 5.91 Å². The molecular formula is C32H32N2O3. The molecule has 2 amide bonds. The van der Waals surface area contributed by atoms with Gasteiger partial charge in [0.15, 0.2) is 5.78 Å². The Morgan fingerprint density at radius 2 is 1.41 bits per heavy atom. The Hall–Kier alpha value is -4.25. The second-order valence-corrected chi connectivity index (χ2v) is 9.27. The summed E-state index contributed by atoms with van der Waals surface area (Å²) in [5.74, 6) is -1.02. The maximum atomic E-state index is 13.3. The van der Waals surface area contributed by atoms with E-state index in [1.165, 1.54) is 12.3 Å². The van der Waals surface area contributed by atoms with Crippen LogP contribution in [0.1, 0.15) is 48.5 Å². The minimum atomic E-state index is -0.762. The Morgan fingerprint density at radius 1 is 0.757 bits per heavy atom. The van der Waals surface area contributed by atoms with Gasteiger partial charge in [0.1, 0.15) is 0 Å². The number of fused-ring (bicyclic) bond motifs is 1. The lowest BCUT2D eigenvalue weighted by atomic mass is 9.85. The van der Waals surface area contributed by atoms with E-state index in [-0.39, 0.29) is 30.1 Å². The smallest absolute Gasteiger partial charge is 0.251 e. The van der Waals surface area contributed by atoms with E-state index in [1.54, 1.807) is 12.1 Å². The van der Waals surface area contributed by atoms with Crippen molar-refractivity contribution in [1.82, 2.24) is 10.6 Å². The largest absolute Gasteiger partial charge is 0.349 e. The monoisotopic (exact) mass is 492 g/mol.